The van der Waals surface area contributed by atoms with Gasteiger partial charge < -0.3 is 19.9 Å². The van der Waals surface area contributed by atoms with Crippen molar-refractivity contribution in [3.05, 3.63) is 34.2 Å². The van der Waals surface area contributed by atoms with Crippen molar-refractivity contribution in [3.8, 4) is 16.2 Å². The molecule has 0 atom stereocenters. The lowest BCUT2D eigenvalue weighted by Crippen LogP contribution is -2.40. The van der Waals surface area contributed by atoms with E-state index < -0.39 is 18.5 Å². The Morgan fingerprint density at radius 1 is 1.21 bits per heavy atom. The van der Waals surface area contributed by atoms with E-state index in [1.807, 2.05) is 24.3 Å². The van der Waals surface area contributed by atoms with Crippen molar-refractivity contribution in [1.29, 1.82) is 0 Å². The van der Waals surface area contributed by atoms with Crippen molar-refractivity contribution >= 4 is 40.6 Å². The van der Waals surface area contributed by atoms with Gasteiger partial charge in [-0.05, 0) is 54.7 Å². The summed E-state index contributed by atoms with van der Waals surface area (Å²) in [5.74, 6) is -1.69. The molecule has 2 aromatic rings. The Kier molecular flexibility index (Phi) is 7.64. The van der Waals surface area contributed by atoms with Crippen LogP contribution in [-0.4, -0.2) is 36.3 Å². The highest BCUT2D eigenvalue weighted by atomic mass is 35.5. The second kappa shape index (κ2) is 9.94. The molecule has 1 aliphatic carbocycles. The molecule has 6 nitrogen and oxygen atoms in total. The molecule has 8 heteroatoms. The maximum atomic E-state index is 12.4. The van der Waals surface area contributed by atoms with Crippen LogP contribution in [0.4, 0.5) is 5.69 Å². The second-order valence-corrected chi connectivity index (χ2v) is 11.5. The molecule has 1 saturated carbocycles. The average molecular weight is 494 g/mol. The zero-order valence-corrected chi connectivity index (χ0v) is 21.4. The van der Waals surface area contributed by atoms with Crippen LogP contribution in [0.5, 0.6) is 5.75 Å². The quantitative estimate of drug-likeness (QED) is 0.397. The van der Waals surface area contributed by atoms with Crippen LogP contribution >= 0.6 is 22.9 Å². The summed E-state index contributed by atoms with van der Waals surface area (Å²) < 4.78 is 10.5. The van der Waals surface area contributed by atoms with Crippen molar-refractivity contribution in [1.82, 2.24) is 0 Å². The number of thiophene rings is 1. The smallest absolute Gasteiger partial charge is 0.352 e. The normalized spacial score (nSPS) is 17.4. The number of esters is 1. The molecule has 1 aromatic carbocycles. The van der Waals surface area contributed by atoms with Gasteiger partial charge in [-0.1, -0.05) is 51.4 Å². The van der Waals surface area contributed by atoms with Crippen molar-refractivity contribution in [3.63, 3.8) is 0 Å². The number of rotatable bonds is 8. The van der Waals surface area contributed by atoms with Crippen LogP contribution in [0.15, 0.2) is 24.3 Å². The lowest BCUT2D eigenvalue weighted by atomic mass is 9.63. The first-order chi connectivity index (χ1) is 15.4. The van der Waals surface area contributed by atoms with E-state index in [0.29, 0.717) is 10.9 Å². The largest absolute Gasteiger partial charge is 0.479 e. The van der Waals surface area contributed by atoms with Crippen LogP contribution in [0.1, 0.15) is 63.6 Å². The number of anilines is 1. The van der Waals surface area contributed by atoms with Crippen LogP contribution < -0.4 is 10.1 Å². The minimum atomic E-state index is -1.15. The monoisotopic (exact) mass is 493 g/mol. The molecule has 1 fully saturated rings. The number of ether oxygens (including phenoxy) is 2. The van der Waals surface area contributed by atoms with Gasteiger partial charge in [0.05, 0.1) is 11.5 Å². The van der Waals surface area contributed by atoms with Gasteiger partial charge in [-0.15, -0.1) is 11.3 Å². The Morgan fingerprint density at radius 3 is 2.48 bits per heavy atom. The fraction of sp³-hybridized carbons (Fsp3) is 0.520. The van der Waals surface area contributed by atoms with Crippen molar-refractivity contribution < 1.29 is 24.2 Å². The molecule has 1 aromatic heterocycles. The number of nitrogens with one attached hydrogen (secondary N) is 1. The highest BCUT2D eigenvalue weighted by molar-refractivity contribution is 7.18. The summed E-state index contributed by atoms with van der Waals surface area (Å²) in [6, 6.07) is 8.22. The van der Waals surface area contributed by atoms with E-state index in [9.17, 15) is 9.59 Å². The molecule has 33 heavy (non-hydrogen) atoms. The van der Waals surface area contributed by atoms with Crippen LogP contribution in [-0.2, 0) is 9.53 Å². The Hall–Kier alpha value is -2.25. The van der Waals surface area contributed by atoms with E-state index in [0.717, 1.165) is 35.4 Å². The molecule has 0 unspecified atom stereocenters. The summed E-state index contributed by atoms with van der Waals surface area (Å²) in [4.78, 5) is 24.2. The molecule has 180 valence electrons. The van der Waals surface area contributed by atoms with Crippen LogP contribution in [0.2, 0.25) is 5.02 Å². The first-order valence-electron chi connectivity index (χ1n) is 11.1. The number of carboxylic acids is 1. The number of hydrogen-bond donors (Lipinski definition) is 2. The number of carbonyl (C=O) groups is 2. The minimum Gasteiger partial charge on any atom is -0.479 e. The van der Waals surface area contributed by atoms with Gasteiger partial charge in [0.25, 0.3) is 0 Å². The summed E-state index contributed by atoms with van der Waals surface area (Å²) >= 11 is 7.72. The molecule has 0 aliphatic heterocycles. The highest BCUT2D eigenvalue weighted by Gasteiger charge is 2.38. The highest BCUT2D eigenvalue weighted by Crippen LogP contribution is 2.48. The third-order valence-corrected chi connectivity index (χ3v) is 7.33. The molecule has 0 radical (unpaired) electrons. The maximum absolute atomic E-state index is 12.4. The van der Waals surface area contributed by atoms with E-state index in [1.54, 1.807) is 6.92 Å². The van der Waals surface area contributed by atoms with E-state index >= 15 is 0 Å². The molecule has 2 N–H and O–H groups in total. The summed E-state index contributed by atoms with van der Waals surface area (Å²) in [6.07, 6.45) is 3.36. The Bertz CT molecular complexity index is 1010. The minimum absolute atomic E-state index is 0.0478. The molecule has 0 saturated heterocycles. The van der Waals surface area contributed by atoms with E-state index in [2.05, 4.69) is 33.0 Å². The summed E-state index contributed by atoms with van der Waals surface area (Å²) in [6.45, 7) is 10.6. The number of aliphatic carboxylic acids is 1. The van der Waals surface area contributed by atoms with Gasteiger partial charge in [-0.25, -0.2) is 9.59 Å². The fourth-order valence-electron chi connectivity index (χ4n) is 5.11. The van der Waals surface area contributed by atoms with Crippen molar-refractivity contribution in [2.45, 2.75) is 59.9 Å². The SMILES string of the molecule is CCOC(=O)c1sc(-c2cccc(NC3CC(C)(C)CC(C)(C)C3)c2)c(Cl)c1OCC(=O)O. The molecular formula is C25H32ClNO5S. The zero-order valence-electron chi connectivity index (χ0n) is 19.8. The molecule has 0 bridgehead atoms. The Labute approximate surface area is 204 Å². The zero-order chi connectivity index (χ0) is 24.4. The molecule has 1 heterocycles. The number of halogens is 1. The molecular weight excluding hydrogens is 462 g/mol. The van der Waals surface area contributed by atoms with Gasteiger partial charge in [0.2, 0.25) is 0 Å². The first kappa shape index (κ1) is 25.4. The third kappa shape index (κ3) is 6.42. The summed E-state index contributed by atoms with van der Waals surface area (Å²) in [5.41, 5.74) is 2.32. The van der Waals surface area contributed by atoms with Crippen LogP contribution in [0.25, 0.3) is 10.4 Å². The Morgan fingerprint density at radius 2 is 1.88 bits per heavy atom. The lowest BCUT2D eigenvalue weighted by Gasteiger charge is -2.45. The number of carbonyl (C=O) groups excluding carboxylic acids is 1. The predicted octanol–water partition coefficient (Wildman–Crippen LogP) is 6.73. The van der Waals surface area contributed by atoms with Crippen molar-refractivity contribution in [2.75, 3.05) is 18.5 Å². The van der Waals surface area contributed by atoms with E-state index in [-0.39, 0.29) is 33.1 Å². The van der Waals surface area contributed by atoms with Crippen LogP contribution in [0, 0.1) is 10.8 Å². The fourth-order valence-corrected chi connectivity index (χ4v) is 6.57. The molecule has 1 aliphatic rings. The van der Waals surface area contributed by atoms with Gasteiger partial charge in [0, 0.05) is 11.7 Å². The van der Waals surface area contributed by atoms with Crippen molar-refractivity contribution in [2.24, 2.45) is 10.8 Å². The maximum Gasteiger partial charge on any atom is 0.352 e. The number of hydrogen-bond acceptors (Lipinski definition) is 6. The number of carboxylic acid groups (broad SMARTS) is 1. The third-order valence-electron chi connectivity index (χ3n) is 5.66. The summed E-state index contributed by atoms with van der Waals surface area (Å²) in [7, 11) is 0. The second-order valence-electron chi connectivity index (χ2n) is 10.1. The lowest BCUT2D eigenvalue weighted by molar-refractivity contribution is -0.139. The standard InChI is InChI=1S/C25H32ClNO5S/c1-6-31-23(30)22-20(32-13-18(28)29)19(26)21(33-22)15-8-7-9-16(10-15)27-17-11-24(2,3)14-25(4,5)12-17/h7-10,17,27H,6,11-14H2,1-5H3,(H,28,29). The van der Waals surface area contributed by atoms with Crippen LogP contribution in [0.3, 0.4) is 0 Å². The predicted molar refractivity (Wildman–Crippen MR) is 133 cm³/mol. The topological polar surface area (TPSA) is 84.9 Å². The molecule has 0 amide bonds. The summed E-state index contributed by atoms with van der Waals surface area (Å²) in [5, 5.41) is 12.9. The average Bonchev–Trinajstić information content (AvgIpc) is 3.00. The number of benzene rings is 1. The van der Waals surface area contributed by atoms with Gasteiger partial charge in [0.15, 0.2) is 17.2 Å². The molecule has 3 rings (SSSR count). The van der Waals surface area contributed by atoms with Gasteiger partial charge in [-0.2, -0.15) is 0 Å². The Balaban J connectivity index is 1.91. The molecule has 0 spiro atoms. The first-order valence-corrected chi connectivity index (χ1v) is 12.3. The van der Waals surface area contributed by atoms with Gasteiger partial charge >= 0.3 is 11.9 Å². The van der Waals surface area contributed by atoms with E-state index in [1.165, 1.54) is 6.42 Å². The van der Waals surface area contributed by atoms with E-state index in [4.69, 9.17) is 26.2 Å². The van der Waals surface area contributed by atoms with Gasteiger partial charge in [-0.3, -0.25) is 0 Å². The van der Waals surface area contributed by atoms with Gasteiger partial charge in [0.1, 0.15) is 5.02 Å².